The summed E-state index contributed by atoms with van der Waals surface area (Å²) >= 11 is 0. The van der Waals surface area contributed by atoms with Gasteiger partial charge in [-0.3, -0.25) is 10.1 Å². The number of benzene rings is 1. The summed E-state index contributed by atoms with van der Waals surface area (Å²) in [5, 5.41) is 10.6. The SMILES string of the molecule is CCCCCCNS(=O)(=O)c1ccc([N+](=O)[O-])cc1C. The van der Waals surface area contributed by atoms with Crippen molar-refractivity contribution in [3.8, 4) is 0 Å². The first-order valence-corrected chi connectivity index (χ1v) is 8.11. The summed E-state index contributed by atoms with van der Waals surface area (Å²) < 4.78 is 26.7. The first kappa shape index (κ1) is 16.6. The lowest BCUT2D eigenvalue weighted by Crippen LogP contribution is -2.25. The zero-order valence-electron chi connectivity index (χ0n) is 11.8. The molecule has 1 aromatic carbocycles. The number of hydrogen-bond donors (Lipinski definition) is 1. The highest BCUT2D eigenvalue weighted by Gasteiger charge is 2.18. The number of non-ortho nitro benzene ring substituents is 1. The van der Waals surface area contributed by atoms with Crippen molar-refractivity contribution in [2.45, 2.75) is 44.4 Å². The predicted molar refractivity (Wildman–Crippen MR) is 77.2 cm³/mol. The van der Waals surface area contributed by atoms with Gasteiger partial charge >= 0.3 is 0 Å². The zero-order chi connectivity index (χ0) is 15.2. The van der Waals surface area contributed by atoms with Gasteiger partial charge in [0.2, 0.25) is 10.0 Å². The van der Waals surface area contributed by atoms with Crippen LogP contribution in [0.2, 0.25) is 0 Å². The fraction of sp³-hybridized carbons (Fsp3) is 0.538. The Balaban J connectivity index is 2.75. The van der Waals surface area contributed by atoms with Gasteiger partial charge < -0.3 is 0 Å². The van der Waals surface area contributed by atoms with Crippen LogP contribution in [0.3, 0.4) is 0 Å². The minimum Gasteiger partial charge on any atom is -0.258 e. The van der Waals surface area contributed by atoms with Crippen LogP contribution >= 0.6 is 0 Å². The average molecular weight is 300 g/mol. The lowest BCUT2D eigenvalue weighted by Gasteiger charge is -2.09. The fourth-order valence-corrected chi connectivity index (χ4v) is 3.18. The Morgan fingerprint density at radius 2 is 1.95 bits per heavy atom. The van der Waals surface area contributed by atoms with Crippen LogP contribution in [0.15, 0.2) is 23.1 Å². The number of aryl methyl sites for hydroxylation is 1. The summed E-state index contributed by atoms with van der Waals surface area (Å²) in [6.45, 7) is 4.03. The third-order valence-corrected chi connectivity index (χ3v) is 4.60. The molecule has 1 aromatic rings. The highest BCUT2D eigenvalue weighted by atomic mass is 32.2. The monoisotopic (exact) mass is 300 g/mol. The average Bonchev–Trinajstić information content (AvgIpc) is 2.37. The fourth-order valence-electron chi connectivity index (χ4n) is 1.88. The molecule has 0 unspecified atom stereocenters. The van der Waals surface area contributed by atoms with Crippen LogP contribution in [0.25, 0.3) is 0 Å². The van der Waals surface area contributed by atoms with E-state index in [1.807, 2.05) is 0 Å². The number of hydrogen-bond acceptors (Lipinski definition) is 4. The van der Waals surface area contributed by atoms with Gasteiger partial charge in [-0.1, -0.05) is 26.2 Å². The van der Waals surface area contributed by atoms with Gasteiger partial charge in [-0.15, -0.1) is 0 Å². The highest BCUT2D eigenvalue weighted by Crippen LogP contribution is 2.20. The van der Waals surface area contributed by atoms with Gasteiger partial charge in [0.05, 0.1) is 9.82 Å². The maximum absolute atomic E-state index is 12.1. The molecule has 0 bridgehead atoms. The Morgan fingerprint density at radius 1 is 1.25 bits per heavy atom. The Labute approximate surface area is 119 Å². The third kappa shape index (κ3) is 4.57. The van der Waals surface area contributed by atoms with Crippen LogP contribution in [-0.4, -0.2) is 19.9 Å². The van der Waals surface area contributed by atoms with Crippen molar-refractivity contribution in [3.63, 3.8) is 0 Å². The largest absolute Gasteiger partial charge is 0.269 e. The van der Waals surface area contributed by atoms with E-state index in [4.69, 9.17) is 0 Å². The molecule has 0 fully saturated rings. The summed E-state index contributed by atoms with van der Waals surface area (Å²) in [7, 11) is -3.59. The molecule has 0 aromatic heterocycles. The number of unbranched alkanes of at least 4 members (excludes halogenated alkanes) is 3. The van der Waals surface area contributed by atoms with Gasteiger partial charge in [-0.05, 0) is 25.0 Å². The first-order chi connectivity index (χ1) is 9.38. The zero-order valence-corrected chi connectivity index (χ0v) is 12.6. The summed E-state index contributed by atoms with van der Waals surface area (Å²) in [6, 6.07) is 3.76. The molecule has 0 aliphatic heterocycles. The quantitative estimate of drug-likeness (QED) is 0.454. The Hall–Kier alpha value is -1.47. The molecule has 0 saturated heterocycles. The molecule has 0 amide bonds. The highest BCUT2D eigenvalue weighted by molar-refractivity contribution is 7.89. The molecule has 1 N–H and O–H groups in total. The Bertz CT molecular complexity index is 570. The maximum atomic E-state index is 12.1. The van der Waals surface area contributed by atoms with Crippen LogP contribution in [0.5, 0.6) is 0 Å². The summed E-state index contributed by atoms with van der Waals surface area (Å²) in [5.74, 6) is 0. The van der Waals surface area contributed by atoms with E-state index in [1.165, 1.54) is 18.2 Å². The van der Waals surface area contributed by atoms with Gasteiger partial charge in [-0.25, -0.2) is 13.1 Å². The Kier molecular flexibility index (Phi) is 6.09. The van der Waals surface area contributed by atoms with Crippen LogP contribution in [0.1, 0.15) is 38.2 Å². The van der Waals surface area contributed by atoms with Crippen LogP contribution in [0.4, 0.5) is 5.69 Å². The second kappa shape index (κ2) is 7.35. The van der Waals surface area contributed by atoms with Gasteiger partial charge in [0, 0.05) is 18.7 Å². The van der Waals surface area contributed by atoms with Crippen LogP contribution in [0, 0.1) is 17.0 Å². The molecule has 112 valence electrons. The first-order valence-electron chi connectivity index (χ1n) is 6.63. The normalized spacial score (nSPS) is 11.5. The molecule has 0 radical (unpaired) electrons. The molecular formula is C13H20N2O4S. The van der Waals surface area contributed by atoms with E-state index in [9.17, 15) is 18.5 Å². The van der Waals surface area contributed by atoms with E-state index in [0.29, 0.717) is 12.1 Å². The minimum absolute atomic E-state index is 0.0959. The summed E-state index contributed by atoms with van der Waals surface area (Å²) in [4.78, 5) is 10.2. The van der Waals surface area contributed by atoms with E-state index in [2.05, 4.69) is 11.6 Å². The summed E-state index contributed by atoms with van der Waals surface area (Å²) in [6.07, 6.45) is 3.95. The predicted octanol–water partition coefficient (Wildman–Crippen LogP) is 2.76. The van der Waals surface area contributed by atoms with Gasteiger partial charge in [-0.2, -0.15) is 0 Å². The second-order valence-corrected chi connectivity index (χ2v) is 6.40. The maximum Gasteiger partial charge on any atom is 0.269 e. The van der Waals surface area contributed by atoms with E-state index in [0.717, 1.165) is 25.7 Å². The number of nitro groups is 1. The van der Waals surface area contributed by atoms with Crippen molar-refractivity contribution in [2.75, 3.05) is 6.54 Å². The third-order valence-electron chi connectivity index (χ3n) is 2.98. The van der Waals surface area contributed by atoms with Crippen molar-refractivity contribution in [3.05, 3.63) is 33.9 Å². The number of nitrogens with one attached hydrogen (secondary N) is 1. The molecule has 0 saturated carbocycles. The van der Waals surface area contributed by atoms with Gasteiger partial charge in [0.25, 0.3) is 5.69 Å². The minimum atomic E-state index is -3.59. The second-order valence-electron chi connectivity index (χ2n) is 4.67. The number of nitro benzene ring substituents is 1. The van der Waals surface area contributed by atoms with E-state index < -0.39 is 14.9 Å². The molecule has 0 aliphatic rings. The van der Waals surface area contributed by atoms with Crippen molar-refractivity contribution < 1.29 is 13.3 Å². The lowest BCUT2D eigenvalue weighted by molar-refractivity contribution is -0.385. The van der Waals surface area contributed by atoms with Crippen LogP contribution < -0.4 is 4.72 Å². The molecule has 6 nitrogen and oxygen atoms in total. The molecule has 0 heterocycles. The van der Waals surface area contributed by atoms with Crippen molar-refractivity contribution in [1.29, 1.82) is 0 Å². The number of sulfonamides is 1. The molecule has 0 aliphatic carbocycles. The van der Waals surface area contributed by atoms with E-state index in [1.54, 1.807) is 6.92 Å². The lowest BCUT2D eigenvalue weighted by atomic mass is 10.2. The summed E-state index contributed by atoms with van der Waals surface area (Å²) in [5.41, 5.74) is 0.268. The molecule has 7 heteroatoms. The molecular weight excluding hydrogens is 280 g/mol. The molecule has 1 rings (SSSR count). The van der Waals surface area contributed by atoms with Crippen molar-refractivity contribution >= 4 is 15.7 Å². The van der Waals surface area contributed by atoms with Crippen molar-refractivity contribution in [2.24, 2.45) is 0 Å². The standard InChI is InChI=1S/C13H20N2O4S/c1-3-4-5-6-9-14-20(18,19)13-8-7-12(15(16)17)10-11(13)2/h7-8,10,14H,3-6,9H2,1-2H3. The molecule has 20 heavy (non-hydrogen) atoms. The number of nitrogens with zero attached hydrogens (tertiary/aromatic N) is 1. The topological polar surface area (TPSA) is 89.3 Å². The molecule has 0 spiro atoms. The smallest absolute Gasteiger partial charge is 0.258 e. The van der Waals surface area contributed by atoms with Crippen molar-refractivity contribution in [1.82, 2.24) is 4.72 Å². The van der Waals surface area contributed by atoms with E-state index >= 15 is 0 Å². The molecule has 0 atom stereocenters. The van der Waals surface area contributed by atoms with Gasteiger partial charge in [0.1, 0.15) is 0 Å². The van der Waals surface area contributed by atoms with Gasteiger partial charge in [0.15, 0.2) is 0 Å². The Morgan fingerprint density at radius 3 is 2.50 bits per heavy atom. The van der Waals surface area contributed by atoms with Crippen LogP contribution in [-0.2, 0) is 10.0 Å². The van der Waals surface area contributed by atoms with E-state index in [-0.39, 0.29) is 10.6 Å². The number of rotatable bonds is 8.